The number of anilines is 1. The molecule has 3 N–H and O–H groups in total. The molecule has 3 aromatic rings. The van der Waals surface area contributed by atoms with Gasteiger partial charge in [0.2, 0.25) is 12.0 Å². The molecule has 31 heavy (non-hydrogen) atoms. The fourth-order valence-electron chi connectivity index (χ4n) is 3.54. The Bertz CT molecular complexity index is 1130. The Kier molecular flexibility index (Phi) is 5.57. The molecule has 1 saturated heterocycles. The highest BCUT2D eigenvalue weighted by molar-refractivity contribution is 5.92. The third kappa shape index (κ3) is 4.20. The number of nitrogens with zero attached hydrogens (tertiary/aromatic N) is 2. The second kappa shape index (κ2) is 8.47. The minimum Gasteiger partial charge on any atom is -0.459 e. The number of esters is 1. The highest BCUT2D eigenvalue weighted by Gasteiger charge is 2.41. The standard InChI is InChI=1S/C22H22N4O5/c1-13(27)30-19(14-5-3-2-4-6-14)22(29)26-10-8-17(26)21(28)25-12-15-11-16-18(31-15)7-9-24-20(16)23/h2-7,9,11,17,19H,8,10,12H2,1H3,(H2,23,24)(H,25,28)/t17-,19-/m0/s1. The minimum absolute atomic E-state index is 0.150. The van der Waals surface area contributed by atoms with Gasteiger partial charge in [-0.15, -0.1) is 0 Å². The number of hydrogen-bond donors (Lipinski definition) is 2. The zero-order valence-corrected chi connectivity index (χ0v) is 16.9. The second-order valence-electron chi connectivity index (χ2n) is 7.27. The van der Waals surface area contributed by atoms with Gasteiger partial charge in [0.05, 0.1) is 11.9 Å². The van der Waals surface area contributed by atoms with Gasteiger partial charge in [0, 0.05) is 25.2 Å². The quantitative estimate of drug-likeness (QED) is 0.581. The number of amides is 2. The number of rotatable bonds is 6. The normalized spacial score (nSPS) is 16.4. The first-order valence-corrected chi connectivity index (χ1v) is 9.87. The molecule has 0 unspecified atom stereocenters. The molecule has 9 nitrogen and oxygen atoms in total. The van der Waals surface area contributed by atoms with Gasteiger partial charge in [-0.05, 0) is 18.6 Å². The summed E-state index contributed by atoms with van der Waals surface area (Å²) in [5.41, 5.74) is 6.97. The van der Waals surface area contributed by atoms with Crippen molar-refractivity contribution in [3.8, 4) is 0 Å². The van der Waals surface area contributed by atoms with Gasteiger partial charge in [-0.3, -0.25) is 14.4 Å². The van der Waals surface area contributed by atoms with Gasteiger partial charge in [-0.1, -0.05) is 30.3 Å². The lowest BCUT2D eigenvalue weighted by Crippen LogP contribution is -2.59. The maximum atomic E-state index is 13.0. The molecule has 2 aromatic heterocycles. The van der Waals surface area contributed by atoms with E-state index < -0.39 is 24.0 Å². The van der Waals surface area contributed by atoms with Crippen molar-refractivity contribution in [2.75, 3.05) is 12.3 Å². The summed E-state index contributed by atoms with van der Waals surface area (Å²) in [7, 11) is 0. The lowest BCUT2D eigenvalue weighted by Gasteiger charge is -2.41. The number of hydrogen-bond acceptors (Lipinski definition) is 7. The third-order valence-electron chi connectivity index (χ3n) is 5.18. The SMILES string of the molecule is CC(=O)O[C@H](C(=O)N1CC[C@H]1C(=O)NCc1cc2c(N)nccc2o1)c1ccccc1. The number of carbonyl (C=O) groups is 3. The zero-order valence-electron chi connectivity index (χ0n) is 16.9. The summed E-state index contributed by atoms with van der Waals surface area (Å²) in [6.45, 7) is 1.81. The van der Waals surface area contributed by atoms with Crippen molar-refractivity contribution in [3.63, 3.8) is 0 Å². The van der Waals surface area contributed by atoms with E-state index >= 15 is 0 Å². The molecule has 1 aromatic carbocycles. The number of benzene rings is 1. The van der Waals surface area contributed by atoms with E-state index in [1.165, 1.54) is 11.8 Å². The van der Waals surface area contributed by atoms with Crippen molar-refractivity contribution in [3.05, 3.63) is 60.0 Å². The number of nitrogens with two attached hydrogens (primary N) is 1. The molecule has 0 spiro atoms. The monoisotopic (exact) mass is 422 g/mol. The minimum atomic E-state index is -1.08. The molecule has 4 rings (SSSR count). The molecule has 9 heteroatoms. The molecular weight excluding hydrogens is 400 g/mol. The van der Waals surface area contributed by atoms with E-state index in [9.17, 15) is 14.4 Å². The van der Waals surface area contributed by atoms with Gasteiger partial charge in [0.1, 0.15) is 23.2 Å². The zero-order chi connectivity index (χ0) is 22.0. The molecule has 160 valence electrons. The molecule has 2 amide bonds. The maximum absolute atomic E-state index is 13.0. The van der Waals surface area contributed by atoms with E-state index in [4.69, 9.17) is 14.9 Å². The molecule has 0 bridgehead atoms. The number of nitrogen functional groups attached to an aromatic ring is 1. The summed E-state index contributed by atoms with van der Waals surface area (Å²) in [6, 6.07) is 11.5. The van der Waals surface area contributed by atoms with Crippen LogP contribution in [0.15, 0.2) is 53.1 Å². The number of ether oxygens (including phenoxy) is 1. The number of likely N-dealkylation sites (tertiary alicyclic amines) is 1. The van der Waals surface area contributed by atoms with Crippen LogP contribution in [-0.2, 0) is 25.7 Å². The molecule has 0 saturated carbocycles. The lowest BCUT2D eigenvalue weighted by molar-refractivity contribution is -0.165. The number of fused-ring (bicyclic) bond motifs is 1. The lowest BCUT2D eigenvalue weighted by atomic mass is 9.99. The number of furan rings is 1. The van der Waals surface area contributed by atoms with Crippen LogP contribution >= 0.6 is 0 Å². The Hall–Kier alpha value is -3.88. The van der Waals surface area contributed by atoms with Crippen LogP contribution in [0.3, 0.4) is 0 Å². The first-order chi connectivity index (χ1) is 14.9. The van der Waals surface area contributed by atoms with Gasteiger partial charge >= 0.3 is 5.97 Å². The summed E-state index contributed by atoms with van der Waals surface area (Å²) < 4.78 is 10.9. The maximum Gasteiger partial charge on any atom is 0.303 e. The van der Waals surface area contributed by atoms with Crippen LogP contribution in [0.5, 0.6) is 0 Å². The third-order valence-corrected chi connectivity index (χ3v) is 5.18. The first-order valence-electron chi connectivity index (χ1n) is 9.87. The van der Waals surface area contributed by atoms with Gasteiger partial charge in [-0.25, -0.2) is 4.98 Å². The van der Waals surface area contributed by atoms with E-state index in [-0.39, 0.29) is 12.5 Å². The summed E-state index contributed by atoms with van der Waals surface area (Å²) in [5, 5.41) is 3.47. The van der Waals surface area contributed by atoms with Crippen LogP contribution in [0.4, 0.5) is 5.82 Å². The highest BCUT2D eigenvalue weighted by Crippen LogP contribution is 2.27. The summed E-state index contributed by atoms with van der Waals surface area (Å²) in [5.74, 6) is -0.409. The molecule has 1 aliphatic heterocycles. The van der Waals surface area contributed by atoms with Crippen LogP contribution in [0.2, 0.25) is 0 Å². The van der Waals surface area contributed by atoms with Gasteiger partial charge in [0.15, 0.2) is 0 Å². The molecule has 0 radical (unpaired) electrons. The summed E-state index contributed by atoms with van der Waals surface area (Å²) >= 11 is 0. The Morgan fingerprint density at radius 2 is 2.06 bits per heavy atom. The van der Waals surface area contributed by atoms with Crippen LogP contribution in [0.25, 0.3) is 11.0 Å². The Balaban J connectivity index is 1.42. The van der Waals surface area contributed by atoms with E-state index in [1.807, 2.05) is 0 Å². The summed E-state index contributed by atoms with van der Waals surface area (Å²) in [4.78, 5) is 42.7. The van der Waals surface area contributed by atoms with Crippen LogP contribution < -0.4 is 11.1 Å². The Labute approximate surface area is 178 Å². The smallest absolute Gasteiger partial charge is 0.303 e. The Morgan fingerprint density at radius 1 is 1.29 bits per heavy atom. The van der Waals surface area contributed by atoms with Crippen molar-refractivity contribution in [1.29, 1.82) is 0 Å². The van der Waals surface area contributed by atoms with E-state index in [0.29, 0.717) is 41.1 Å². The molecule has 0 aliphatic carbocycles. The molecule has 3 heterocycles. The number of pyridine rings is 1. The van der Waals surface area contributed by atoms with Crippen molar-refractivity contribution in [2.24, 2.45) is 0 Å². The summed E-state index contributed by atoms with van der Waals surface area (Å²) in [6.07, 6.45) is 0.990. The van der Waals surface area contributed by atoms with Gasteiger partial charge in [0.25, 0.3) is 5.91 Å². The highest BCUT2D eigenvalue weighted by atomic mass is 16.5. The largest absolute Gasteiger partial charge is 0.459 e. The van der Waals surface area contributed by atoms with Crippen LogP contribution in [0, 0.1) is 0 Å². The molecule has 2 atom stereocenters. The fourth-order valence-corrected chi connectivity index (χ4v) is 3.54. The predicted molar refractivity (Wildman–Crippen MR) is 111 cm³/mol. The molecular formula is C22H22N4O5. The van der Waals surface area contributed by atoms with Crippen LogP contribution in [-0.4, -0.2) is 40.3 Å². The predicted octanol–water partition coefficient (Wildman–Crippen LogP) is 1.93. The average molecular weight is 422 g/mol. The Morgan fingerprint density at radius 3 is 2.71 bits per heavy atom. The fraction of sp³-hybridized carbons (Fsp3) is 0.273. The second-order valence-corrected chi connectivity index (χ2v) is 7.27. The topological polar surface area (TPSA) is 128 Å². The number of aromatic nitrogens is 1. The van der Waals surface area contributed by atoms with Gasteiger partial charge < -0.3 is 25.1 Å². The van der Waals surface area contributed by atoms with Crippen molar-refractivity contribution in [2.45, 2.75) is 32.0 Å². The van der Waals surface area contributed by atoms with Gasteiger partial charge in [-0.2, -0.15) is 0 Å². The number of carbonyl (C=O) groups excluding carboxylic acids is 3. The van der Waals surface area contributed by atoms with Crippen LogP contribution in [0.1, 0.15) is 30.8 Å². The first kappa shape index (κ1) is 20.4. The van der Waals surface area contributed by atoms with Crippen molar-refractivity contribution >= 4 is 34.6 Å². The van der Waals surface area contributed by atoms with Crippen molar-refractivity contribution in [1.82, 2.24) is 15.2 Å². The van der Waals surface area contributed by atoms with E-state index in [0.717, 1.165) is 0 Å². The van der Waals surface area contributed by atoms with Crippen molar-refractivity contribution < 1.29 is 23.5 Å². The van der Waals surface area contributed by atoms with E-state index in [2.05, 4.69) is 10.3 Å². The molecule has 1 aliphatic rings. The molecule has 1 fully saturated rings. The van der Waals surface area contributed by atoms with E-state index in [1.54, 1.807) is 48.7 Å². The average Bonchev–Trinajstić information content (AvgIpc) is 3.15. The number of nitrogens with one attached hydrogen (secondary N) is 1.